The minimum atomic E-state index is -0.569. The zero-order valence-electron chi connectivity index (χ0n) is 20.0. The van der Waals surface area contributed by atoms with Gasteiger partial charge in [0.2, 0.25) is 11.4 Å². The van der Waals surface area contributed by atoms with E-state index in [0.717, 1.165) is 57.3 Å². The van der Waals surface area contributed by atoms with Crippen LogP contribution in [0.4, 0.5) is 11.6 Å². The number of hydrogen-bond donors (Lipinski definition) is 3. The zero-order valence-corrected chi connectivity index (χ0v) is 20.0. The van der Waals surface area contributed by atoms with Crippen molar-refractivity contribution in [2.75, 3.05) is 25.5 Å². The Morgan fingerprint density at radius 3 is 2.54 bits per heavy atom. The van der Waals surface area contributed by atoms with E-state index in [0.29, 0.717) is 22.9 Å². The number of anilines is 2. The summed E-state index contributed by atoms with van der Waals surface area (Å²) in [5, 5.41) is 7.02. The first-order valence-corrected chi connectivity index (χ1v) is 12.5. The fraction of sp³-hybridized carbons (Fsp3) is 0.462. The maximum atomic E-state index is 13.1. The molecule has 5 rings (SSSR count). The highest BCUT2D eigenvalue weighted by Crippen LogP contribution is 2.31. The van der Waals surface area contributed by atoms with Crippen molar-refractivity contribution in [3.05, 3.63) is 58.0 Å². The molecule has 2 aromatic heterocycles. The van der Waals surface area contributed by atoms with Gasteiger partial charge in [-0.3, -0.25) is 14.4 Å². The molecule has 9 nitrogen and oxygen atoms in total. The average molecular weight is 477 g/mol. The van der Waals surface area contributed by atoms with Gasteiger partial charge in [-0.1, -0.05) is 31.4 Å². The Hall–Kier alpha value is -3.30. The van der Waals surface area contributed by atoms with Crippen molar-refractivity contribution in [1.29, 1.82) is 0 Å². The molecule has 0 bridgehead atoms. The summed E-state index contributed by atoms with van der Waals surface area (Å²) in [6.07, 6.45) is 10.8. The predicted octanol–water partition coefficient (Wildman–Crippen LogP) is 3.80. The molecule has 1 aliphatic heterocycles. The lowest BCUT2D eigenvalue weighted by molar-refractivity contribution is 0.0535. The second kappa shape index (κ2) is 10.5. The number of pyridine rings is 1. The van der Waals surface area contributed by atoms with Gasteiger partial charge in [0.25, 0.3) is 5.91 Å². The maximum Gasteiger partial charge on any atom is 0.280 e. The Morgan fingerprint density at radius 1 is 1.09 bits per heavy atom. The fourth-order valence-electron chi connectivity index (χ4n) is 5.26. The lowest BCUT2D eigenvalue weighted by Gasteiger charge is -2.26. The van der Waals surface area contributed by atoms with Crippen LogP contribution in [0.1, 0.15) is 72.8 Å². The summed E-state index contributed by atoms with van der Waals surface area (Å²) in [6.45, 7) is 2.13. The van der Waals surface area contributed by atoms with Gasteiger partial charge in [0.15, 0.2) is 0 Å². The van der Waals surface area contributed by atoms with E-state index in [9.17, 15) is 9.59 Å². The van der Waals surface area contributed by atoms with Gasteiger partial charge in [-0.15, -0.1) is 0 Å². The monoisotopic (exact) mass is 476 g/mol. The Bertz CT molecular complexity index is 1240. The second-order valence-corrected chi connectivity index (χ2v) is 9.41. The van der Waals surface area contributed by atoms with Crippen LogP contribution >= 0.6 is 0 Å². The largest absolute Gasteiger partial charge is 0.328 e. The molecule has 1 saturated heterocycles. The van der Waals surface area contributed by atoms with Crippen LogP contribution < -0.4 is 21.5 Å². The molecule has 9 heteroatoms. The minimum Gasteiger partial charge on any atom is -0.328 e. The highest BCUT2D eigenvalue weighted by molar-refractivity contribution is 5.96. The third-order valence-corrected chi connectivity index (χ3v) is 7.16. The normalized spacial score (nSPS) is 17.4. The van der Waals surface area contributed by atoms with Crippen molar-refractivity contribution in [3.63, 3.8) is 0 Å². The quantitative estimate of drug-likeness (QED) is 0.464. The topological polar surface area (TPSA) is 110 Å². The molecule has 1 aromatic carbocycles. The van der Waals surface area contributed by atoms with Crippen molar-refractivity contribution < 1.29 is 9.63 Å². The van der Waals surface area contributed by atoms with Crippen LogP contribution in [0.15, 0.2) is 41.5 Å². The van der Waals surface area contributed by atoms with Gasteiger partial charge in [0.1, 0.15) is 11.2 Å². The molecule has 1 aliphatic carbocycles. The van der Waals surface area contributed by atoms with Crippen LogP contribution in [0.5, 0.6) is 0 Å². The number of amides is 1. The van der Waals surface area contributed by atoms with E-state index in [2.05, 4.69) is 45.4 Å². The number of carbonyl (C=O) groups excluding carboxylic acids is 1. The first-order chi connectivity index (χ1) is 17.1. The number of hydrogen-bond acceptors (Lipinski definition) is 7. The molecule has 0 unspecified atom stereocenters. The number of fused-ring (bicyclic) bond motifs is 1. The summed E-state index contributed by atoms with van der Waals surface area (Å²) >= 11 is 0. The highest BCUT2D eigenvalue weighted by atomic mass is 16.6. The number of carbonyl (C=O) groups is 1. The standard InChI is InChI=1S/C26H32N6O3/c1-35-31-25(34)22-16-32(20-5-3-2-4-6-20)24-21(23(22)33)15-28-26(30-24)29-19-9-7-17(8-10-19)18-11-13-27-14-12-18/h7-10,15-16,18,20,27H,2-6,11-14H2,1H3,(H,31,34)(H,28,29,30). The molecule has 0 atom stereocenters. The Morgan fingerprint density at radius 2 is 1.83 bits per heavy atom. The first kappa shape index (κ1) is 23.4. The summed E-state index contributed by atoms with van der Waals surface area (Å²) in [4.78, 5) is 39.5. The second-order valence-electron chi connectivity index (χ2n) is 9.41. The van der Waals surface area contributed by atoms with E-state index in [1.165, 1.54) is 25.3 Å². The number of piperidine rings is 1. The molecule has 3 N–H and O–H groups in total. The molecular formula is C26H32N6O3. The van der Waals surface area contributed by atoms with E-state index < -0.39 is 11.3 Å². The molecule has 1 amide bonds. The highest BCUT2D eigenvalue weighted by Gasteiger charge is 2.23. The van der Waals surface area contributed by atoms with E-state index in [1.807, 2.05) is 4.57 Å². The molecule has 35 heavy (non-hydrogen) atoms. The fourth-order valence-corrected chi connectivity index (χ4v) is 5.26. The number of rotatable bonds is 6. The van der Waals surface area contributed by atoms with Crippen LogP contribution in [0, 0.1) is 0 Å². The first-order valence-electron chi connectivity index (χ1n) is 12.5. The van der Waals surface area contributed by atoms with Gasteiger partial charge in [0, 0.05) is 24.1 Å². The van der Waals surface area contributed by atoms with Crippen LogP contribution in [0.25, 0.3) is 11.0 Å². The lowest BCUT2D eigenvalue weighted by Crippen LogP contribution is -2.30. The van der Waals surface area contributed by atoms with Gasteiger partial charge in [-0.05, 0) is 62.4 Å². The molecule has 2 aliphatic rings. The molecule has 184 valence electrons. The number of benzene rings is 1. The van der Waals surface area contributed by atoms with E-state index in [4.69, 9.17) is 9.82 Å². The van der Waals surface area contributed by atoms with Crippen molar-refractivity contribution in [2.45, 2.75) is 56.9 Å². The summed E-state index contributed by atoms with van der Waals surface area (Å²) in [5.41, 5.74) is 4.67. The Balaban J connectivity index is 1.47. The third-order valence-electron chi connectivity index (χ3n) is 7.16. The average Bonchev–Trinajstić information content (AvgIpc) is 2.90. The number of nitrogens with zero attached hydrogens (tertiary/aromatic N) is 3. The molecular weight excluding hydrogens is 444 g/mol. The summed E-state index contributed by atoms with van der Waals surface area (Å²) in [7, 11) is 1.35. The lowest BCUT2D eigenvalue weighted by atomic mass is 9.90. The van der Waals surface area contributed by atoms with Gasteiger partial charge in [-0.25, -0.2) is 10.5 Å². The third kappa shape index (κ3) is 5.06. The predicted molar refractivity (Wildman–Crippen MR) is 135 cm³/mol. The zero-order chi connectivity index (χ0) is 24.2. The summed E-state index contributed by atoms with van der Waals surface area (Å²) < 4.78 is 1.98. The molecule has 0 spiro atoms. The van der Waals surface area contributed by atoms with Crippen LogP contribution in [-0.2, 0) is 4.84 Å². The molecule has 2 fully saturated rings. The molecule has 3 aromatic rings. The van der Waals surface area contributed by atoms with Gasteiger partial charge in [-0.2, -0.15) is 4.98 Å². The molecule has 3 heterocycles. The number of nitrogens with one attached hydrogen (secondary N) is 3. The van der Waals surface area contributed by atoms with Gasteiger partial charge < -0.3 is 15.2 Å². The van der Waals surface area contributed by atoms with Crippen LogP contribution in [0.3, 0.4) is 0 Å². The van der Waals surface area contributed by atoms with Crippen molar-refractivity contribution >= 4 is 28.6 Å². The Labute approximate surface area is 204 Å². The Kier molecular flexibility index (Phi) is 7.06. The molecule has 0 radical (unpaired) electrons. The summed E-state index contributed by atoms with van der Waals surface area (Å²) in [5.74, 6) is 0.446. The van der Waals surface area contributed by atoms with Gasteiger partial charge in [0.05, 0.1) is 12.5 Å². The van der Waals surface area contributed by atoms with Crippen molar-refractivity contribution in [2.24, 2.45) is 0 Å². The molecule has 1 saturated carbocycles. The van der Waals surface area contributed by atoms with E-state index >= 15 is 0 Å². The van der Waals surface area contributed by atoms with Crippen molar-refractivity contribution in [1.82, 2.24) is 25.3 Å². The number of aromatic nitrogens is 3. The summed E-state index contributed by atoms with van der Waals surface area (Å²) in [6, 6.07) is 8.61. The smallest absolute Gasteiger partial charge is 0.280 e. The van der Waals surface area contributed by atoms with Gasteiger partial charge >= 0.3 is 0 Å². The number of hydroxylamine groups is 1. The van der Waals surface area contributed by atoms with Crippen LogP contribution in [0.2, 0.25) is 0 Å². The van der Waals surface area contributed by atoms with Crippen molar-refractivity contribution in [3.8, 4) is 0 Å². The van der Waals surface area contributed by atoms with E-state index in [-0.39, 0.29) is 11.6 Å². The maximum absolute atomic E-state index is 13.1. The minimum absolute atomic E-state index is 0.0303. The van der Waals surface area contributed by atoms with E-state index in [1.54, 1.807) is 6.20 Å². The van der Waals surface area contributed by atoms with Crippen LogP contribution in [-0.4, -0.2) is 40.6 Å². The SMILES string of the molecule is CONC(=O)c1cn(C2CCCCC2)c2nc(Nc3ccc(C4CCNCC4)cc3)ncc2c1=O.